The monoisotopic (exact) mass is 314 g/mol. The third-order valence-corrected chi connectivity index (χ3v) is 3.69. The molecule has 128 valence electrons. The Bertz CT molecular complexity index is 296. The zero-order valence-corrected chi connectivity index (χ0v) is 14.0. The van der Waals surface area contributed by atoms with Crippen molar-refractivity contribution in [2.24, 2.45) is 0 Å². The zero-order chi connectivity index (χ0) is 16.2. The summed E-state index contributed by atoms with van der Waals surface area (Å²) in [5.74, 6) is -0.304. The van der Waals surface area contributed by atoms with Crippen molar-refractivity contribution in [1.82, 2.24) is 9.80 Å². The number of piperazine rings is 1. The van der Waals surface area contributed by atoms with Gasteiger partial charge in [0.15, 0.2) is 0 Å². The second-order valence-electron chi connectivity index (χ2n) is 5.70. The van der Waals surface area contributed by atoms with Gasteiger partial charge in [-0.1, -0.05) is 26.7 Å². The minimum Gasteiger partial charge on any atom is -0.465 e. The summed E-state index contributed by atoms with van der Waals surface area (Å²) in [6, 6.07) is 0. The van der Waals surface area contributed by atoms with Gasteiger partial charge < -0.3 is 9.47 Å². The Morgan fingerprint density at radius 3 is 1.45 bits per heavy atom. The lowest BCUT2D eigenvalue weighted by Crippen LogP contribution is -2.49. The van der Waals surface area contributed by atoms with Crippen molar-refractivity contribution in [2.75, 3.05) is 52.5 Å². The largest absolute Gasteiger partial charge is 0.465 e. The predicted molar refractivity (Wildman–Crippen MR) is 84.6 cm³/mol. The first kappa shape index (κ1) is 18.9. The molecular formula is C16H30N2O4. The van der Waals surface area contributed by atoms with Gasteiger partial charge in [0.1, 0.15) is 0 Å². The van der Waals surface area contributed by atoms with Crippen LogP contribution >= 0.6 is 0 Å². The molecule has 0 aliphatic carbocycles. The molecule has 0 spiro atoms. The maximum absolute atomic E-state index is 11.6. The smallest absolute Gasteiger partial charge is 0.320 e. The fraction of sp³-hybridized carbons (Fsp3) is 0.875. The molecular weight excluding hydrogens is 284 g/mol. The van der Waals surface area contributed by atoms with Gasteiger partial charge in [-0.15, -0.1) is 0 Å². The molecule has 1 aliphatic rings. The molecule has 0 atom stereocenters. The standard InChI is InChI=1S/C16H30N2O4/c1-3-5-11-21-15(19)13-17-7-9-18(10-8-17)14-16(20)22-12-6-4-2/h3-14H2,1-2H3. The molecule has 22 heavy (non-hydrogen) atoms. The normalized spacial score (nSPS) is 16.5. The van der Waals surface area contributed by atoms with E-state index in [4.69, 9.17) is 9.47 Å². The van der Waals surface area contributed by atoms with Crippen LogP contribution in [0.3, 0.4) is 0 Å². The number of ether oxygens (including phenoxy) is 2. The lowest BCUT2D eigenvalue weighted by molar-refractivity contribution is -0.148. The SMILES string of the molecule is CCCCOC(=O)CN1CCN(CC(=O)OCCCC)CC1. The van der Waals surface area contributed by atoms with Crippen LogP contribution in [0.5, 0.6) is 0 Å². The summed E-state index contributed by atoms with van der Waals surface area (Å²) in [5.41, 5.74) is 0. The quantitative estimate of drug-likeness (QED) is 0.447. The van der Waals surface area contributed by atoms with Crippen molar-refractivity contribution in [3.63, 3.8) is 0 Å². The Balaban J connectivity index is 2.12. The summed E-state index contributed by atoms with van der Waals surface area (Å²) in [4.78, 5) is 27.4. The first-order valence-corrected chi connectivity index (χ1v) is 8.41. The van der Waals surface area contributed by atoms with E-state index in [1.54, 1.807) is 0 Å². The van der Waals surface area contributed by atoms with E-state index in [1.165, 1.54) is 0 Å². The molecule has 1 fully saturated rings. The second-order valence-corrected chi connectivity index (χ2v) is 5.70. The summed E-state index contributed by atoms with van der Waals surface area (Å²) in [6.07, 6.45) is 3.89. The molecule has 0 aromatic rings. The summed E-state index contributed by atoms with van der Waals surface area (Å²) in [5, 5.41) is 0. The molecule has 0 aromatic heterocycles. The molecule has 6 nitrogen and oxygen atoms in total. The highest BCUT2D eigenvalue weighted by Crippen LogP contribution is 2.03. The molecule has 0 aromatic carbocycles. The number of carbonyl (C=O) groups excluding carboxylic acids is 2. The Morgan fingerprint density at radius 1 is 0.773 bits per heavy atom. The van der Waals surface area contributed by atoms with Crippen molar-refractivity contribution in [2.45, 2.75) is 39.5 Å². The summed E-state index contributed by atoms with van der Waals surface area (Å²) >= 11 is 0. The second kappa shape index (κ2) is 11.4. The van der Waals surface area contributed by atoms with Gasteiger partial charge >= 0.3 is 11.9 Å². The number of unbranched alkanes of at least 4 members (excludes halogenated alkanes) is 2. The highest BCUT2D eigenvalue weighted by Gasteiger charge is 2.21. The van der Waals surface area contributed by atoms with Crippen LogP contribution in [0, 0.1) is 0 Å². The minimum atomic E-state index is -0.152. The molecule has 1 saturated heterocycles. The van der Waals surface area contributed by atoms with Crippen LogP contribution in [0.2, 0.25) is 0 Å². The van der Waals surface area contributed by atoms with Crippen LogP contribution in [0.25, 0.3) is 0 Å². The topological polar surface area (TPSA) is 59.1 Å². The number of nitrogens with zero attached hydrogens (tertiary/aromatic N) is 2. The molecule has 0 unspecified atom stereocenters. The van der Waals surface area contributed by atoms with Crippen molar-refractivity contribution >= 4 is 11.9 Å². The van der Waals surface area contributed by atoms with Gasteiger partial charge in [0.2, 0.25) is 0 Å². The highest BCUT2D eigenvalue weighted by atomic mass is 16.5. The van der Waals surface area contributed by atoms with Gasteiger partial charge in [-0.25, -0.2) is 0 Å². The first-order valence-electron chi connectivity index (χ1n) is 8.41. The van der Waals surface area contributed by atoms with Crippen LogP contribution in [0.15, 0.2) is 0 Å². The van der Waals surface area contributed by atoms with Crippen LogP contribution in [0.1, 0.15) is 39.5 Å². The van der Waals surface area contributed by atoms with E-state index in [0.717, 1.165) is 51.9 Å². The number of hydrogen-bond donors (Lipinski definition) is 0. The third kappa shape index (κ3) is 8.34. The Morgan fingerprint density at radius 2 is 1.14 bits per heavy atom. The fourth-order valence-corrected chi connectivity index (χ4v) is 2.22. The molecule has 0 radical (unpaired) electrons. The van der Waals surface area contributed by atoms with E-state index < -0.39 is 0 Å². The van der Waals surface area contributed by atoms with Gasteiger partial charge in [0.25, 0.3) is 0 Å². The average Bonchev–Trinajstić information content (AvgIpc) is 2.50. The summed E-state index contributed by atoms with van der Waals surface area (Å²) < 4.78 is 10.3. The number of hydrogen-bond acceptors (Lipinski definition) is 6. The summed E-state index contributed by atoms with van der Waals surface area (Å²) in [6.45, 7) is 8.99. The van der Waals surface area contributed by atoms with Crippen LogP contribution in [-0.4, -0.2) is 74.2 Å². The molecule has 1 heterocycles. The molecule has 1 rings (SSSR count). The van der Waals surface area contributed by atoms with Gasteiger partial charge in [0, 0.05) is 26.2 Å². The minimum absolute atomic E-state index is 0.152. The van der Waals surface area contributed by atoms with Crippen molar-refractivity contribution < 1.29 is 19.1 Å². The maximum atomic E-state index is 11.6. The Labute approximate surface area is 133 Å². The molecule has 1 aliphatic heterocycles. The number of esters is 2. The van der Waals surface area contributed by atoms with E-state index in [9.17, 15) is 9.59 Å². The molecule has 0 bridgehead atoms. The van der Waals surface area contributed by atoms with Crippen molar-refractivity contribution in [3.8, 4) is 0 Å². The maximum Gasteiger partial charge on any atom is 0.320 e. The van der Waals surface area contributed by atoms with Crippen molar-refractivity contribution in [3.05, 3.63) is 0 Å². The van der Waals surface area contributed by atoms with Gasteiger partial charge in [-0.2, -0.15) is 0 Å². The Kier molecular flexibility index (Phi) is 9.82. The zero-order valence-electron chi connectivity index (χ0n) is 14.0. The average molecular weight is 314 g/mol. The molecule has 0 amide bonds. The van der Waals surface area contributed by atoms with Crippen LogP contribution < -0.4 is 0 Å². The highest BCUT2D eigenvalue weighted by molar-refractivity contribution is 5.72. The lowest BCUT2D eigenvalue weighted by atomic mass is 10.3. The van der Waals surface area contributed by atoms with E-state index >= 15 is 0 Å². The van der Waals surface area contributed by atoms with Gasteiger partial charge in [0.05, 0.1) is 26.3 Å². The fourth-order valence-electron chi connectivity index (χ4n) is 2.22. The van der Waals surface area contributed by atoms with Crippen LogP contribution in [-0.2, 0) is 19.1 Å². The molecule has 0 N–H and O–H groups in total. The van der Waals surface area contributed by atoms with E-state index in [1.807, 2.05) is 0 Å². The molecule has 0 saturated carbocycles. The van der Waals surface area contributed by atoms with E-state index in [-0.39, 0.29) is 11.9 Å². The predicted octanol–water partition coefficient (Wildman–Crippen LogP) is 1.29. The van der Waals surface area contributed by atoms with Gasteiger partial charge in [-0.05, 0) is 12.8 Å². The first-order chi connectivity index (χ1) is 10.7. The van der Waals surface area contributed by atoms with Crippen molar-refractivity contribution in [1.29, 1.82) is 0 Å². The Hall–Kier alpha value is -1.14. The van der Waals surface area contributed by atoms with E-state index in [0.29, 0.717) is 26.3 Å². The van der Waals surface area contributed by atoms with E-state index in [2.05, 4.69) is 23.6 Å². The number of rotatable bonds is 10. The third-order valence-electron chi connectivity index (χ3n) is 3.69. The molecule has 6 heteroatoms. The van der Waals surface area contributed by atoms with Crippen LogP contribution in [0.4, 0.5) is 0 Å². The lowest BCUT2D eigenvalue weighted by Gasteiger charge is -2.33. The summed E-state index contributed by atoms with van der Waals surface area (Å²) in [7, 11) is 0. The number of carbonyl (C=O) groups is 2. The van der Waals surface area contributed by atoms with Gasteiger partial charge in [-0.3, -0.25) is 19.4 Å².